The first-order valence-corrected chi connectivity index (χ1v) is 9.76. The minimum absolute atomic E-state index is 0.357. The molecule has 1 saturated heterocycles. The summed E-state index contributed by atoms with van der Waals surface area (Å²) in [6.07, 6.45) is 17.1. The van der Waals surface area contributed by atoms with E-state index in [1.54, 1.807) is 0 Å². The minimum atomic E-state index is 0.357. The fourth-order valence-corrected chi connectivity index (χ4v) is 5.81. The summed E-state index contributed by atoms with van der Waals surface area (Å²) >= 11 is 0. The summed E-state index contributed by atoms with van der Waals surface area (Å²) in [5.74, 6) is 1.98. The van der Waals surface area contributed by atoms with E-state index in [0.717, 1.165) is 24.4 Å². The quantitative estimate of drug-likeness (QED) is 0.782. The van der Waals surface area contributed by atoms with Crippen LogP contribution in [0.25, 0.3) is 0 Å². The van der Waals surface area contributed by atoms with Gasteiger partial charge in [0.05, 0.1) is 0 Å². The molecule has 2 heteroatoms. The van der Waals surface area contributed by atoms with Crippen LogP contribution in [0.2, 0.25) is 0 Å². The number of nitrogens with two attached hydrogens (primary N) is 1. The van der Waals surface area contributed by atoms with Crippen LogP contribution in [0.1, 0.15) is 84.0 Å². The number of fused-ring (bicyclic) bond motifs is 1. The molecule has 2 N–H and O–H groups in total. The number of hydrogen-bond acceptors (Lipinski definition) is 2. The van der Waals surface area contributed by atoms with Crippen LogP contribution >= 0.6 is 0 Å². The molecule has 4 atom stereocenters. The smallest absolute Gasteiger partial charge is 0.0334 e. The molecule has 3 rings (SSSR count). The van der Waals surface area contributed by atoms with Crippen LogP contribution in [0.4, 0.5) is 0 Å². The normalized spacial score (nSPS) is 41.7. The lowest BCUT2D eigenvalue weighted by atomic mass is 9.81. The van der Waals surface area contributed by atoms with E-state index in [2.05, 4.69) is 11.8 Å². The summed E-state index contributed by atoms with van der Waals surface area (Å²) in [6.45, 7) is 4.57. The van der Waals surface area contributed by atoms with Crippen LogP contribution in [0.5, 0.6) is 0 Å². The molecule has 3 aliphatic rings. The summed E-state index contributed by atoms with van der Waals surface area (Å²) in [6, 6.07) is 0.880. The number of rotatable bonds is 4. The Morgan fingerprint density at radius 3 is 2.67 bits per heavy atom. The summed E-state index contributed by atoms with van der Waals surface area (Å²) in [5, 5.41) is 0. The zero-order valence-electron chi connectivity index (χ0n) is 14.2. The van der Waals surface area contributed by atoms with Crippen molar-refractivity contribution in [3.8, 4) is 0 Å². The van der Waals surface area contributed by atoms with E-state index < -0.39 is 0 Å². The molecule has 0 spiro atoms. The van der Waals surface area contributed by atoms with Gasteiger partial charge in [-0.2, -0.15) is 0 Å². The van der Waals surface area contributed by atoms with Gasteiger partial charge in [0.25, 0.3) is 0 Å². The van der Waals surface area contributed by atoms with E-state index >= 15 is 0 Å². The molecular weight excluding hydrogens is 256 g/mol. The van der Waals surface area contributed by atoms with Crippen molar-refractivity contribution in [1.29, 1.82) is 0 Å². The summed E-state index contributed by atoms with van der Waals surface area (Å²) in [5.41, 5.74) is 6.76. The highest BCUT2D eigenvalue weighted by Crippen LogP contribution is 2.44. The standard InChI is InChI=1S/C19H36N2/c1-2-6-16-7-4-12-19(15-20,13-11-16)21-14-5-9-17-8-3-10-18(17)21/h16-18H,2-15,20H2,1H3. The van der Waals surface area contributed by atoms with Crippen molar-refractivity contribution < 1.29 is 0 Å². The zero-order valence-corrected chi connectivity index (χ0v) is 14.2. The lowest BCUT2D eigenvalue weighted by Crippen LogP contribution is -2.60. The molecule has 0 bridgehead atoms. The maximum atomic E-state index is 6.40. The molecule has 0 aromatic carbocycles. The van der Waals surface area contributed by atoms with Gasteiger partial charge in [-0.1, -0.05) is 39.0 Å². The van der Waals surface area contributed by atoms with Gasteiger partial charge in [0.2, 0.25) is 0 Å². The van der Waals surface area contributed by atoms with E-state index in [1.807, 2.05) is 0 Å². The molecule has 0 radical (unpaired) electrons. The van der Waals surface area contributed by atoms with Crippen molar-refractivity contribution >= 4 is 0 Å². The van der Waals surface area contributed by atoms with E-state index in [9.17, 15) is 0 Å². The summed E-state index contributed by atoms with van der Waals surface area (Å²) < 4.78 is 0. The van der Waals surface area contributed by atoms with E-state index in [-0.39, 0.29) is 0 Å². The molecule has 0 aromatic heterocycles. The molecule has 2 aliphatic carbocycles. The molecule has 2 saturated carbocycles. The van der Waals surface area contributed by atoms with Crippen molar-refractivity contribution in [2.24, 2.45) is 17.6 Å². The first-order chi connectivity index (χ1) is 10.3. The predicted octanol–water partition coefficient (Wildman–Crippen LogP) is 4.33. The number of nitrogens with zero attached hydrogens (tertiary/aromatic N) is 1. The maximum Gasteiger partial charge on any atom is 0.0334 e. The van der Waals surface area contributed by atoms with Gasteiger partial charge >= 0.3 is 0 Å². The molecule has 1 heterocycles. The highest BCUT2D eigenvalue weighted by atomic mass is 15.2. The Bertz CT molecular complexity index is 330. The summed E-state index contributed by atoms with van der Waals surface area (Å²) in [4.78, 5) is 2.93. The van der Waals surface area contributed by atoms with Gasteiger partial charge in [-0.25, -0.2) is 0 Å². The molecule has 1 aliphatic heterocycles. The molecule has 0 amide bonds. The molecule has 0 aromatic rings. The SMILES string of the molecule is CCCC1CCCC(CN)(N2CCCC3CCCC32)CC1. The van der Waals surface area contributed by atoms with Gasteiger partial charge in [0.1, 0.15) is 0 Å². The monoisotopic (exact) mass is 292 g/mol. The van der Waals surface area contributed by atoms with Crippen LogP contribution in [0.15, 0.2) is 0 Å². The van der Waals surface area contributed by atoms with Gasteiger partial charge in [-0.3, -0.25) is 4.90 Å². The zero-order chi connectivity index (χ0) is 14.7. The number of likely N-dealkylation sites (tertiary alicyclic amines) is 1. The largest absolute Gasteiger partial charge is 0.329 e. The van der Waals surface area contributed by atoms with Crippen LogP contribution in [-0.2, 0) is 0 Å². The van der Waals surface area contributed by atoms with Crippen molar-refractivity contribution in [1.82, 2.24) is 4.90 Å². The minimum Gasteiger partial charge on any atom is -0.329 e. The number of hydrogen-bond donors (Lipinski definition) is 1. The van der Waals surface area contributed by atoms with E-state index in [4.69, 9.17) is 5.73 Å². The van der Waals surface area contributed by atoms with Crippen LogP contribution in [-0.4, -0.2) is 29.6 Å². The Balaban J connectivity index is 1.73. The lowest BCUT2D eigenvalue weighted by Gasteiger charge is -2.51. The Hall–Kier alpha value is -0.0800. The Kier molecular flexibility index (Phi) is 5.27. The number of piperidine rings is 1. The summed E-state index contributed by atoms with van der Waals surface area (Å²) in [7, 11) is 0. The van der Waals surface area contributed by atoms with Crippen LogP contribution in [0.3, 0.4) is 0 Å². The van der Waals surface area contributed by atoms with Crippen molar-refractivity contribution in [2.45, 2.75) is 95.6 Å². The van der Waals surface area contributed by atoms with Gasteiger partial charge in [-0.15, -0.1) is 0 Å². The van der Waals surface area contributed by atoms with Crippen LogP contribution in [0, 0.1) is 11.8 Å². The van der Waals surface area contributed by atoms with Crippen molar-refractivity contribution in [3.05, 3.63) is 0 Å². The average molecular weight is 293 g/mol. The Morgan fingerprint density at radius 1 is 1.00 bits per heavy atom. The predicted molar refractivity (Wildman–Crippen MR) is 90.3 cm³/mol. The topological polar surface area (TPSA) is 29.3 Å². The van der Waals surface area contributed by atoms with Crippen LogP contribution < -0.4 is 5.73 Å². The first kappa shape index (κ1) is 15.8. The van der Waals surface area contributed by atoms with E-state index in [0.29, 0.717) is 5.54 Å². The third-order valence-corrected chi connectivity index (χ3v) is 6.95. The molecule has 3 fully saturated rings. The molecule has 21 heavy (non-hydrogen) atoms. The third kappa shape index (κ3) is 3.17. The second-order valence-electron chi connectivity index (χ2n) is 8.11. The second kappa shape index (κ2) is 7.00. The van der Waals surface area contributed by atoms with E-state index in [1.165, 1.54) is 83.6 Å². The first-order valence-electron chi connectivity index (χ1n) is 9.76. The molecular formula is C19H36N2. The molecule has 4 unspecified atom stereocenters. The average Bonchev–Trinajstić information content (AvgIpc) is 2.89. The highest BCUT2D eigenvalue weighted by molar-refractivity contribution is 5.01. The Labute approximate surface area is 131 Å². The fraction of sp³-hybridized carbons (Fsp3) is 1.00. The highest BCUT2D eigenvalue weighted by Gasteiger charge is 2.45. The molecule has 2 nitrogen and oxygen atoms in total. The van der Waals surface area contributed by atoms with Gasteiger partial charge in [0, 0.05) is 18.1 Å². The van der Waals surface area contributed by atoms with Gasteiger partial charge in [0.15, 0.2) is 0 Å². The van der Waals surface area contributed by atoms with Gasteiger partial charge in [-0.05, 0) is 63.3 Å². The van der Waals surface area contributed by atoms with Gasteiger partial charge < -0.3 is 5.73 Å². The van der Waals surface area contributed by atoms with Crippen molar-refractivity contribution in [3.63, 3.8) is 0 Å². The Morgan fingerprint density at radius 2 is 1.86 bits per heavy atom. The lowest BCUT2D eigenvalue weighted by molar-refractivity contribution is -0.00655. The van der Waals surface area contributed by atoms with Crippen molar-refractivity contribution in [2.75, 3.05) is 13.1 Å². The fourth-order valence-electron chi connectivity index (χ4n) is 5.81. The second-order valence-corrected chi connectivity index (χ2v) is 8.11. The third-order valence-electron chi connectivity index (χ3n) is 6.95. The maximum absolute atomic E-state index is 6.40. The molecule has 122 valence electrons.